The molecule has 0 saturated heterocycles. The molecule has 32 heavy (non-hydrogen) atoms. The van der Waals surface area contributed by atoms with Gasteiger partial charge in [0, 0.05) is 11.9 Å². The fourth-order valence-corrected chi connectivity index (χ4v) is 3.38. The summed E-state index contributed by atoms with van der Waals surface area (Å²) in [5.41, 5.74) is 7.65. The third-order valence-corrected chi connectivity index (χ3v) is 5.29. The zero-order chi connectivity index (χ0) is 22.9. The van der Waals surface area contributed by atoms with Crippen molar-refractivity contribution >= 4 is 35.1 Å². The number of anilines is 2. The minimum absolute atomic E-state index is 0.0136. The summed E-state index contributed by atoms with van der Waals surface area (Å²) in [5, 5.41) is 2.65. The van der Waals surface area contributed by atoms with Crippen LogP contribution in [0.5, 0.6) is 5.75 Å². The average molecular weight is 453 g/mol. The van der Waals surface area contributed by atoms with Gasteiger partial charge in [0.2, 0.25) is 5.91 Å². The van der Waals surface area contributed by atoms with Gasteiger partial charge in [-0.2, -0.15) is 0 Å². The summed E-state index contributed by atoms with van der Waals surface area (Å²) in [4.78, 5) is 32.5. The second-order valence-corrected chi connectivity index (χ2v) is 8.03. The molecule has 3 aromatic rings. The maximum atomic E-state index is 12.5. The van der Waals surface area contributed by atoms with Gasteiger partial charge in [-0.3, -0.25) is 4.79 Å². The predicted octanol–water partition coefficient (Wildman–Crippen LogP) is 3.93. The quantitative estimate of drug-likeness (QED) is 0.285. The van der Waals surface area contributed by atoms with E-state index in [-0.39, 0.29) is 23.9 Å². The molecule has 0 saturated carbocycles. The Labute approximate surface area is 190 Å². The van der Waals surface area contributed by atoms with Gasteiger partial charge in [0.05, 0.1) is 11.9 Å². The van der Waals surface area contributed by atoms with Crippen LogP contribution in [0.15, 0.2) is 66.0 Å². The molecule has 0 aliphatic heterocycles. The number of carbonyl (C=O) groups excluding carboxylic acids is 2. The van der Waals surface area contributed by atoms with Crippen LogP contribution in [0.3, 0.4) is 0 Å². The maximum Gasteiger partial charge on any atom is 0.343 e. The van der Waals surface area contributed by atoms with Gasteiger partial charge < -0.3 is 20.5 Å². The third-order valence-electron chi connectivity index (χ3n) is 4.31. The van der Waals surface area contributed by atoms with Gasteiger partial charge in [-0.25, -0.2) is 14.8 Å². The number of nitrogen functional groups attached to an aromatic ring is 1. The number of nitrogens with one attached hydrogen (secondary N) is 1. The van der Waals surface area contributed by atoms with Crippen molar-refractivity contribution < 1.29 is 19.1 Å². The normalized spacial score (nSPS) is 11.4. The van der Waals surface area contributed by atoms with E-state index in [4.69, 9.17) is 15.2 Å². The van der Waals surface area contributed by atoms with Crippen molar-refractivity contribution in [3.05, 3.63) is 71.9 Å². The number of nitrogens with zero attached hydrogens (tertiary/aromatic N) is 2. The molecule has 1 heterocycles. The molecular weight excluding hydrogens is 428 g/mol. The molecule has 1 atom stereocenters. The first kappa shape index (κ1) is 23.1. The molecule has 0 spiro atoms. The fourth-order valence-electron chi connectivity index (χ4n) is 2.63. The van der Waals surface area contributed by atoms with Crippen LogP contribution in [0.25, 0.3) is 0 Å². The lowest BCUT2D eigenvalue weighted by molar-refractivity contribution is -0.115. The molecular formula is C23H24N4O4S. The summed E-state index contributed by atoms with van der Waals surface area (Å²) in [7, 11) is 0. The van der Waals surface area contributed by atoms with E-state index >= 15 is 0 Å². The van der Waals surface area contributed by atoms with E-state index < -0.39 is 11.2 Å². The van der Waals surface area contributed by atoms with Crippen molar-refractivity contribution in [1.82, 2.24) is 9.97 Å². The van der Waals surface area contributed by atoms with E-state index in [0.717, 1.165) is 17.3 Å². The molecule has 8 nitrogen and oxygen atoms in total. The SMILES string of the molecule is CCOC(=O)c1cnc(SC(C)C(=O)Nc2ccc(OCc3ccccc3)cc2)nc1N. The smallest absolute Gasteiger partial charge is 0.343 e. The Morgan fingerprint density at radius 3 is 2.50 bits per heavy atom. The van der Waals surface area contributed by atoms with Crippen LogP contribution >= 0.6 is 11.8 Å². The Hall–Kier alpha value is -3.59. The number of hydrogen-bond donors (Lipinski definition) is 2. The summed E-state index contributed by atoms with van der Waals surface area (Å²) in [6.07, 6.45) is 1.31. The summed E-state index contributed by atoms with van der Waals surface area (Å²) in [6.45, 7) is 4.13. The third kappa shape index (κ3) is 6.45. The Bertz CT molecular complexity index is 1060. The van der Waals surface area contributed by atoms with Crippen LogP contribution in [0.1, 0.15) is 29.8 Å². The Morgan fingerprint density at radius 1 is 1.12 bits per heavy atom. The number of aromatic nitrogens is 2. The Kier molecular flexibility index (Phi) is 8.04. The molecule has 0 bridgehead atoms. The average Bonchev–Trinajstić information content (AvgIpc) is 2.79. The molecule has 1 amide bonds. The molecule has 166 valence electrons. The zero-order valence-corrected chi connectivity index (χ0v) is 18.6. The molecule has 2 aromatic carbocycles. The number of rotatable bonds is 9. The van der Waals surface area contributed by atoms with E-state index in [1.165, 1.54) is 6.20 Å². The minimum atomic E-state index is -0.580. The van der Waals surface area contributed by atoms with Crippen molar-refractivity contribution in [3.63, 3.8) is 0 Å². The van der Waals surface area contributed by atoms with E-state index in [9.17, 15) is 9.59 Å². The molecule has 0 fully saturated rings. The number of nitrogens with two attached hydrogens (primary N) is 1. The monoisotopic (exact) mass is 452 g/mol. The van der Waals surface area contributed by atoms with Crippen LogP contribution in [0.4, 0.5) is 11.5 Å². The predicted molar refractivity (Wildman–Crippen MR) is 124 cm³/mol. The van der Waals surface area contributed by atoms with E-state index in [2.05, 4.69) is 15.3 Å². The zero-order valence-electron chi connectivity index (χ0n) is 17.8. The molecule has 0 aliphatic rings. The fraction of sp³-hybridized carbons (Fsp3) is 0.217. The summed E-state index contributed by atoms with van der Waals surface area (Å²) >= 11 is 1.14. The molecule has 1 aromatic heterocycles. The van der Waals surface area contributed by atoms with Crippen molar-refractivity contribution in [1.29, 1.82) is 0 Å². The van der Waals surface area contributed by atoms with Crippen LogP contribution in [-0.4, -0.2) is 33.7 Å². The lowest BCUT2D eigenvalue weighted by Crippen LogP contribution is -2.22. The summed E-state index contributed by atoms with van der Waals surface area (Å²) in [5.74, 6) is -0.0763. The van der Waals surface area contributed by atoms with Crippen molar-refractivity contribution in [2.24, 2.45) is 0 Å². The Balaban J connectivity index is 1.53. The molecule has 0 radical (unpaired) electrons. The molecule has 3 rings (SSSR count). The number of carbonyl (C=O) groups is 2. The first-order valence-electron chi connectivity index (χ1n) is 10.00. The lowest BCUT2D eigenvalue weighted by Gasteiger charge is -2.12. The molecule has 9 heteroatoms. The van der Waals surface area contributed by atoms with Gasteiger partial charge in [0.25, 0.3) is 0 Å². The van der Waals surface area contributed by atoms with Crippen molar-refractivity contribution in [2.75, 3.05) is 17.7 Å². The topological polar surface area (TPSA) is 116 Å². The molecule has 1 unspecified atom stereocenters. The van der Waals surface area contributed by atoms with Crippen LogP contribution in [0.2, 0.25) is 0 Å². The summed E-state index contributed by atoms with van der Waals surface area (Å²) < 4.78 is 10.7. The number of amides is 1. The molecule has 3 N–H and O–H groups in total. The van der Waals surface area contributed by atoms with Crippen LogP contribution in [0, 0.1) is 0 Å². The number of ether oxygens (including phenoxy) is 2. The highest BCUT2D eigenvalue weighted by Gasteiger charge is 2.19. The van der Waals surface area contributed by atoms with Gasteiger partial charge in [0.15, 0.2) is 5.16 Å². The lowest BCUT2D eigenvalue weighted by atomic mass is 10.2. The Morgan fingerprint density at radius 2 is 1.84 bits per heavy atom. The van der Waals surface area contributed by atoms with E-state index in [1.807, 2.05) is 30.3 Å². The first-order chi connectivity index (χ1) is 15.5. The van der Waals surface area contributed by atoms with E-state index in [0.29, 0.717) is 23.2 Å². The van der Waals surface area contributed by atoms with Crippen LogP contribution < -0.4 is 15.8 Å². The van der Waals surface area contributed by atoms with Crippen LogP contribution in [-0.2, 0) is 16.1 Å². The van der Waals surface area contributed by atoms with Crippen molar-refractivity contribution in [3.8, 4) is 5.75 Å². The van der Waals surface area contributed by atoms with Crippen molar-refractivity contribution in [2.45, 2.75) is 30.9 Å². The standard InChI is InChI=1S/C23H24N4O4S/c1-3-30-22(29)19-13-25-23(27-20(19)24)32-15(2)21(28)26-17-9-11-18(12-10-17)31-14-16-7-5-4-6-8-16/h4-13,15H,3,14H2,1-2H3,(H,26,28)(H2,24,25,27). The van der Waals surface area contributed by atoms with Gasteiger partial charge >= 0.3 is 5.97 Å². The number of benzene rings is 2. The number of thioether (sulfide) groups is 1. The number of esters is 1. The van der Waals surface area contributed by atoms with Gasteiger partial charge in [-0.1, -0.05) is 42.1 Å². The van der Waals surface area contributed by atoms with Gasteiger partial charge in [-0.15, -0.1) is 0 Å². The van der Waals surface area contributed by atoms with E-state index in [1.54, 1.807) is 38.1 Å². The minimum Gasteiger partial charge on any atom is -0.489 e. The largest absolute Gasteiger partial charge is 0.489 e. The second-order valence-electron chi connectivity index (χ2n) is 6.72. The first-order valence-corrected chi connectivity index (χ1v) is 10.9. The van der Waals surface area contributed by atoms with Gasteiger partial charge in [0.1, 0.15) is 23.7 Å². The summed E-state index contributed by atoms with van der Waals surface area (Å²) in [6, 6.07) is 17.0. The molecule has 0 aliphatic carbocycles. The highest BCUT2D eigenvalue weighted by molar-refractivity contribution is 8.00. The second kappa shape index (κ2) is 11.1. The highest BCUT2D eigenvalue weighted by Crippen LogP contribution is 2.23. The number of hydrogen-bond acceptors (Lipinski definition) is 8. The van der Waals surface area contributed by atoms with Gasteiger partial charge in [-0.05, 0) is 43.7 Å². The maximum absolute atomic E-state index is 12.5. The highest BCUT2D eigenvalue weighted by atomic mass is 32.2.